The molecule has 1 aromatic carbocycles. The highest BCUT2D eigenvalue weighted by Gasteiger charge is 2.34. The summed E-state index contributed by atoms with van der Waals surface area (Å²) in [6.07, 6.45) is 7.17. The van der Waals surface area contributed by atoms with Crippen LogP contribution in [0.25, 0.3) is 0 Å². The molecule has 0 aliphatic carbocycles. The Kier molecular flexibility index (Phi) is 7.71. The standard InChI is InChI=1S/C26H36N4O2S/c1-18-9-8-10-19(2)29(18)15-6-3-7-16-30-21-11-4-5-12-22(21)32-23(26(30)31)17-20-13-14-24(33-20)25(27)28/h4-5,11-14,18-19,23H,3,6-10,15-17H2,1-2H3,(H3,27,28)/t18-,19+,23?. The van der Waals surface area contributed by atoms with Crippen molar-refractivity contribution in [1.29, 1.82) is 5.41 Å². The van der Waals surface area contributed by atoms with Crippen molar-refractivity contribution in [3.05, 3.63) is 46.2 Å². The van der Waals surface area contributed by atoms with Crippen LogP contribution >= 0.6 is 11.3 Å². The number of nitrogens with one attached hydrogen (secondary N) is 1. The summed E-state index contributed by atoms with van der Waals surface area (Å²) in [7, 11) is 0. The first kappa shape index (κ1) is 23.8. The van der Waals surface area contributed by atoms with E-state index in [2.05, 4.69) is 18.7 Å². The van der Waals surface area contributed by atoms with Gasteiger partial charge in [-0.25, -0.2) is 0 Å². The number of fused-ring (bicyclic) bond motifs is 1. The number of anilines is 1. The minimum absolute atomic E-state index is 0.0183. The average Bonchev–Trinajstić information content (AvgIpc) is 3.26. The van der Waals surface area contributed by atoms with Crippen LogP contribution in [-0.2, 0) is 11.2 Å². The van der Waals surface area contributed by atoms with E-state index in [4.69, 9.17) is 15.9 Å². The van der Waals surface area contributed by atoms with Crippen molar-refractivity contribution >= 4 is 28.8 Å². The van der Waals surface area contributed by atoms with E-state index < -0.39 is 6.10 Å². The summed E-state index contributed by atoms with van der Waals surface area (Å²) < 4.78 is 6.10. The van der Waals surface area contributed by atoms with Crippen molar-refractivity contribution in [2.24, 2.45) is 5.73 Å². The van der Waals surface area contributed by atoms with E-state index >= 15 is 0 Å². The van der Waals surface area contributed by atoms with Gasteiger partial charge in [0.1, 0.15) is 11.6 Å². The minimum Gasteiger partial charge on any atom is -0.478 e. The second kappa shape index (κ2) is 10.7. The molecule has 1 saturated heterocycles. The molecule has 2 aromatic rings. The molecule has 0 spiro atoms. The molecule has 0 bridgehead atoms. The third-order valence-corrected chi connectivity index (χ3v) is 8.10. The maximum Gasteiger partial charge on any atom is 0.268 e. The van der Waals surface area contributed by atoms with Crippen LogP contribution in [0.5, 0.6) is 5.75 Å². The number of para-hydroxylation sites is 2. The summed E-state index contributed by atoms with van der Waals surface area (Å²) in [6.45, 7) is 6.57. The van der Waals surface area contributed by atoms with Gasteiger partial charge in [-0.05, 0) is 70.3 Å². The fourth-order valence-electron chi connectivity index (χ4n) is 5.11. The number of hydrogen-bond donors (Lipinski definition) is 2. The molecule has 33 heavy (non-hydrogen) atoms. The number of piperidine rings is 1. The first-order valence-corrected chi connectivity index (χ1v) is 13.0. The highest BCUT2D eigenvalue weighted by atomic mass is 32.1. The van der Waals surface area contributed by atoms with Gasteiger partial charge >= 0.3 is 0 Å². The van der Waals surface area contributed by atoms with Gasteiger partial charge in [-0.1, -0.05) is 25.0 Å². The molecule has 7 heteroatoms. The zero-order chi connectivity index (χ0) is 23.4. The van der Waals surface area contributed by atoms with E-state index in [0.717, 1.165) is 40.6 Å². The van der Waals surface area contributed by atoms with E-state index in [9.17, 15) is 4.79 Å². The van der Waals surface area contributed by atoms with Crippen LogP contribution in [0.15, 0.2) is 36.4 Å². The number of amides is 1. The lowest BCUT2D eigenvalue weighted by Gasteiger charge is -2.39. The number of benzene rings is 1. The summed E-state index contributed by atoms with van der Waals surface area (Å²) in [5.41, 5.74) is 6.47. The van der Waals surface area contributed by atoms with Crippen LogP contribution in [0.4, 0.5) is 5.69 Å². The SMILES string of the molecule is C[C@@H]1CCC[C@H](C)N1CCCCCN1C(=O)C(Cc2ccc(C(=N)N)s2)Oc2ccccc21. The molecule has 3 N–H and O–H groups in total. The van der Waals surface area contributed by atoms with Gasteiger partial charge in [0.05, 0.1) is 10.6 Å². The fraction of sp³-hybridized carbons (Fsp3) is 0.538. The van der Waals surface area contributed by atoms with Crippen molar-refractivity contribution in [2.75, 3.05) is 18.0 Å². The molecule has 0 saturated carbocycles. The Morgan fingerprint density at radius 1 is 1.09 bits per heavy atom. The van der Waals surface area contributed by atoms with E-state index in [1.165, 1.54) is 37.0 Å². The van der Waals surface area contributed by atoms with E-state index in [0.29, 0.717) is 25.0 Å². The lowest BCUT2D eigenvalue weighted by atomic mass is 9.97. The number of amidine groups is 1. The number of carbonyl (C=O) groups is 1. The number of nitrogen functional groups attached to an aromatic ring is 1. The van der Waals surface area contributed by atoms with Gasteiger partial charge in [0.2, 0.25) is 0 Å². The quantitative estimate of drug-likeness (QED) is 0.315. The Hall–Kier alpha value is -2.38. The van der Waals surface area contributed by atoms with Gasteiger partial charge in [0, 0.05) is 29.9 Å². The fourth-order valence-corrected chi connectivity index (χ4v) is 6.01. The summed E-state index contributed by atoms with van der Waals surface area (Å²) >= 11 is 1.45. The van der Waals surface area contributed by atoms with Crippen molar-refractivity contribution in [2.45, 2.75) is 77.0 Å². The lowest BCUT2D eigenvalue weighted by Crippen LogP contribution is -2.47. The van der Waals surface area contributed by atoms with Gasteiger partial charge in [-0.2, -0.15) is 0 Å². The Morgan fingerprint density at radius 3 is 2.55 bits per heavy atom. The predicted molar refractivity (Wildman–Crippen MR) is 136 cm³/mol. The van der Waals surface area contributed by atoms with Gasteiger partial charge in [0.15, 0.2) is 6.10 Å². The number of nitrogens with zero attached hydrogens (tertiary/aromatic N) is 2. The molecule has 3 atom stereocenters. The van der Waals surface area contributed by atoms with E-state index in [1.807, 2.05) is 41.3 Å². The van der Waals surface area contributed by atoms with Gasteiger partial charge in [-0.3, -0.25) is 15.1 Å². The summed E-state index contributed by atoms with van der Waals surface area (Å²) in [4.78, 5) is 19.7. The summed E-state index contributed by atoms with van der Waals surface area (Å²) in [5.74, 6) is 0.841. The first-order valence-electron chi connectivity index (χ1n) is 12.2. The van der Waals surface area contributed by atoms with E-state index in [-0.39, 0.29) is 11.7 Å². The average molecular weight is 469 g/mol. The summed E-state index contributed by atoms with van der Waals surface area (Å²) in [6, 6.07) is 13.0. The van der Waals surface area contributed by atoms with E-state index in [1.54, 1.807) is 0 Å². The lowest BCUT2D eigenvalue weighted by molar-refractivity contribution is -0.126. The molecule has 3 heterocycles. The Balaban J connectivity index is 1.35. The second-order valence-corrected chi connectivity index (χ2v) is 10.5. The molecule has 1 fully saturated rings. The maximum absolute atomic E-state index is 13.4. The molecule has 1 aromatic heterocycles. The highest BCUT2D eigenvalue weighted by molar-refractivity contribution is 7.14. The zero-order valence-corrected chi connectivity index (χ0v) is 20.6. The Morgan fingerprint density at radius 2 is 1.82 bits per heavy atom. The van der Waals surface area contributed by atoms with Gasteiger partial charge in [0.25, 0.3) is 5.91 Å². The number of rotatable bonds is 9. The monoisotopic (exact) mass is 468 g/mol. The molecule has 1 unspecified atom stereocenters. The largest absolute Gasteiger partial charge is 0.478 e. The van der Waals surface area contributed by atoms with Gasteiger partial charge in [-0.15, -0.1) is 11.3 Å². The van der Waals surface area contributed by atoms with Gasteiger partial charge < -0.3 is 15.4 Å². The topological polar surface area (TPSA) is 82.7 Å². The number of carbonyl (C=O) groups excluding carboxylic acids is 1. The van der Waals surface area contributed by atoms with Crippen LogP contribution < -0.4 is 15.4 Å². The summed E-state index contributed by atoms with van der Waals surface area (Å²) in [5, 5.41) is 7.61. The van der Waals surface area contributed by atoms with Crippen molar-refractivity contribution in [3.63, 3.8) is 0 Å². The van der Waals surface area contributed by atoms with Crippen LogP contribution in [0.1, 0.15) is 62.1 Å². The number of hydrogen-bond acceptors (Lipinski definition) is 5. The number of ether oxygens (including phenoxy) is 1. The first-order chi connectivity index (χ1) is 15.9. The van der Waals surface area contributed by atoms with Crippen LogP contribution in [0.3, 0.4) is 0 Å². The molecule has 1 amide bonds. The smallest absolute Gasteiger partial charge is 0.268 e. The molecule has 6 nitrogen and oxygen atoms in total. The number of unbranched alkanes of at least 4 members (excludes halogenated alkanes) is 2. The molecule has 2 aliphatic heterocycles. The molecular formula is C26H36N4O2S. The van der Waals surface area contributed by atoms with Crippen molar-refractivity contribution in [1.82, 2.24) is 4.90 Å². The molecule has 0 radical (unpaired) electrons. The third-order valence-electron chi connectivity index (χ3n) is 6.95. The highest BCUT2D eigenvalue weighted by Crippen LogP contribution is 2.35. The number of likely N-dealkylation sites (tertiary alicyclic amines) is 1. The third kappa shape index (κ3) is 5.58. The zero-order valence-electron chi connectivity index (χ0n) is 19.8. The molecule has 4 rings (SSSR count). The normalized spacial score (nSPS) is 23.3. The van der Waals surface area contributed by atoms with Crippen molar-refractivity contribution < 1.29 is 9.53 Å². The van der Waals surface area contributed by atoms with Crippen LogP contribution in [0.2, 0.25) is 0 Å². The minimum atomic E-state index is -0.548. The maximum atomic E-state index is 13.4. The van der Waals surface area contributed by atoms with Crippen molar-refractivity contribution in [3.8, 4) is 5.75 Å². The number of nitrogens with two attached hydrogens (primary N) is 1. The second-order valence-electron chi connectivity index (χ2n) is 9.38. The van der Waals surface area contributed by atoms with Crippen LogP contribution in [0, 0.1) is 5.41 Å². The molecule has 178 valence electrons. The number of thiophene rings is 1. The Bertz CT molecular complexity index is 965. The molecule has 2 aliphatic rings. The Labute approximate surface area is 201 Å². The van der Waals surface area contributed by atoms with Crippen LogP contribution in [-0.4, -0.2) is 47.9 Å². The molecular weight excluding hydrogens is 432 g/mol. The predicted octanol–water partition coefficient (Wildman–Crippen LogP) is 4.80.